The van der Waals surface area contributed by atoms with E-state index in [-0.39, 0.29) is 5.54 Å². The van der Waals surface area contributed by atoms with Gasteiger partial charge in [0, 0.05) is 12.1 Å². The monoisotopic (exact) mass is 310 g/mol. The molecule has 0 amide bonds. The third kappa shape index (κ3) is 3.84. The highest BCUT2D eigenvalue weighted by molar-refractivity contribution is 7.89. The van der Waals surface area contributed by atoms with E-state index in [0.717, 1.165) is 36.9 Å². The summed E-state index contributed by atoms with van der Waals surface area (Å²) in [6.45, 7) is 7.58. The lowest BCUT2D eigenvalue weighted by molar-refractivity contribution is 0.248. The van der Waals surface area contributed by atoms with E-state index < -0.39 is 10.0 Å². The zero-order valence-electron chi connectivity index (χ0n) is 13.2. The molecule has 1 saturated carbocycles. The summed E-state index contributed by atoms with van der Waals surface area (Å²) < 4.78 is 28.3. The highest BCUT2D eigenvalue weighted by atomic mass is 32.2. The van der Waals surface area contributed by atoms with Gasteiger partial charge in [0.25, 0.3) is 0 Å². The summed E-state index contributed by atoms with van der Waals surface area (Å²) in [6.07, 6.45) is 3.66. The van der Waals surface area contributed by atoms with Crippen LogP contribution in [-0.2, 0) is 23.0 Å². The lowest BCUT2D eigenvalue weighted by Gasteiger charge is -2.38. The first kappa shape index (κ1) is 16.5. The number of rotatable bonds is 7. The zero-order valence-corrected chi connectivity index (χ0v) is 14.0. The third-order valence-corrected chi connectivity index (χ3v) is 5.94. The van der Waals surface area contributed by atoms with Crippen LogP contribution in [0.5, 0.6) is 0 Å². The Balaban J connectivity index is 2.30. The minimum Gasteiger partial charge on any atom is -0.313 e. The van der Waals surface area contributed by atoms with E-state index in [4.69, 9.17) is 0 Å². The van der Waals surface area contributed by atoms with Gasteiger partial charge in [-0.05, 0) is 56.3 Å². The Morgan fingerprint density at radius 2 is 1.95 bits per heavy atom. The second kappa shape index (κ2) is 6.46. The molecule has 1 aliphatic rings. The molecule has 1 aromatic carbocycles. The van der Waals surface area contributed by atoms with Crippen molar-refractivity contribution in [1.82, 2.24) is 10.0 Å². The molecular formula is C16H26N2O2S. The number of sulfonamides is 1. The van der Waals surface area contributed by atoms with Gasteiger partial charge in [0.05, 0.1) is 4.90 Å². The molecule has 0 unspecified atom stereocenters. The molecule has 1 aliphatic carbocycles. The Labute approximate surface area is 128 Å². The molecule has 0 spiro atoms. The van der Waals surface area contributed by atoms with Crippen molar-refractivity contribution in [3.63, 3.8) is 0 Å². The molecule has 0 saturated heterocycles. The molecule has 0 bridgehead atoms. The summed E-state index contributed by atoms with van der Waals surface area (Å²) in [5.41, 5.74) is 1.63. The van der Waals surface area contributed by atoms with Gasteiger partial charge in [-0.2, -0.15) is 0 Å². The summed E-state index contributed by atoms with van der Waals surface area (Å²) in [6, 6.07) is 5.75. The Hall–Kier alpha value is -0.910. The fourth-order valence-electron chi connectivity index (χ4n) is 2.71. The molecule has 0 aliphatic heterocycles. The third-order valence-electron chi connectivity index (χ3n) is 4.22. The van der Waals surface area contributed by atoms with Crippen molar-refractivity contribution in [2.24, 2.45) is 0 Å². The van der Waals surface area contributed by atoms with Crippen LogP contribution in [0.25, 0.3) is 0 Å². The van der Waals surface area contributed by atoms with Gasteiger partial charge in [-0.25, -0.2) is 13.1 Å². The fraction of sp³-hybridized carbons (Fsp3) is 0.625. The van der Waals surface area contributed by atoms with Crippen LogP contribution >= 0.6 is 0 Å². The van der Waals surface area contributed by atoms with Gasteiger partial charge in [0.15, 0.2) is 0 Å². The summed E-state index contributed by atoms with van der Waals surface area (Å²) in [7, 11) is -3.45. The van der Waals surface area contributed by atoms with E-state index in [0.29, 0.717) is 17.9 Å². The normalized spacial score (nSPS) is 17.5. The van der Waals surface area contributed by atoms with Crippen molar-refractivity contribution in [3.8, 4) is 0 Å². The zero-order chi connectivity index (χ0) is 15.5. The van der Waals surface area contributed by atoms with Crippen molar-refractivity contribution in [3.05, 3.63) is 29.3 Å². The van der Waals surface area contributed by atoms with E-state index in [1.165, 1.54) is 0 Å². The number of hydrogen-bond acceptors (Lipinski definition) is 3. The molecule has 2 rings (SSSR count). The first-order valence-corrected chi connectivity index (χ1v) is 9.25. The Morgan fingerprint density at radius 1 is 1.24 bits per heavy atom. The van der Waals surface area contributed by atoms with Crippen LogP contribution < -0.4 is 10.0 Å². The van der Waals surface area contributed by atoms with Crippen molar-refractivity contribution < 1.29 is 8.42 Å². The molecule has 2 N–H and O–H groups in total. The first-order valence-electron chi connectivity index (χ1n) is 7.77. The van der Waals surface area contributed by atoms with Crippen LogP contribution in [0, 0.1) is 0 Å². The van der Waals surface area contributed by atoms with Gasteiger partial charge in [0.2, 0.25) is 10.0 Å². The van der Waals surface area contributed by atoms with Crippen LogP contribution in [-0.4, -0.2) is 20.5 Å². The molecule has 1 fully saturated rings. The van der Waals surface area contributed by atoms with Crippen LogP contribution in [0.4, 0.5) is 0 Å². The largest absolute Gasteiger partial charge is 0.313 e. The summed E-state index contributed by atoms with van der Waals surface area (Å²) in [5, 5.41) is 3.24. The smallest absolute Gasteiger partial charge is 0.241 e. The molecule has 0 aromatic heterocycles. The molecule has 118 valence electrons. The topological polar surface area (TPSA) is 58.2 Å². The Morgan fingerprint density at radius 3 is 2.48 bits per heavy atom. The quantitative estimate of drug-likeness (QED) is 0.814. The molecule has 21 heavy (non-hydrogen) atoms. The number of nitrogens with one attached hydrogen (secondary N) is 2. The van der Waals surface area contributed by atoms with Gasteiger partial charge in [-0.3, -0.25) is 0 Å². The average molecular weight is 310 g/mol. The lowest BCUT2D eigenvalue weighted by atomic mass is 9.80. The van der Waals surface area contributed by atoms with Gasteiger partial charge < -0.3 is 5.32 Å². The second-order valence-corrected chi connectivity index (χ2v) is 7.75. The number of hydrogen-bond donors (Lipinski definition) is 2. The van der Waals surface area contributed by atoms with Crippen molar-refractivity contribution >= 4 is 10.0 Å². The van der Waals surface area contributed by atoms with E-state index in [1.54, 1.807) is 0 Å². The minimum absolute atomic E-state index is 0.262. The van der Waals surface area contributed by atoms with Crippen molar-refractivity contribution in [2.45, 2.75) is 63.4 Å². The highest BCUT2D eigenvalue weighted by Crippen LogP contribution is 2.33. The van der Waals surface area contributed by atoms with E-state index >= 15 is 0 Å². The summed E-state index contributed by atoms with van der Waals surface area (Å²) >= 11 is 0. The minimum atomic E-state index is -3.45. The van der Waals surface area contributed by atoms with Gasteiger partial charge in [0.1, 0.15) is 0 Å². The van der Waals surface area contributed by atoms with E-state index in [2.05, 4.69) is 10.0 Å². The molecule has 0 atom stereocenters. The predicted molar refractivity (Wildman–Crippen MR) is 85.8 cm³/mol. The van der Waals surface area contributed by atoms with Gasteiger partial charge in [-0.1, -0.05) is 26.0 Å². The summed E-state index contributed by atoms with van der Waals surface area (Å²) in [5.74, 6) is 0. The van der Waals surface area contributed by atoms with Crippen molar-refractivity contribution in [1.29, 1.82) is 0 Å². The average Bonchev–Trinajstić information content (AvgIpc) is 2.42. The Bertz CT molecular complexity index is 592. The van der Waals surface area contributed by atoms with Crippen molar-refractivity contribution in [2.75, 3.05) is 6.54 Å². The second-order valence-electron chi connectivity index (χ2n) is 6.10. The fourth-order valence-corrected chi connectivity index (χ4v) is 4.54. The molecule has 1 aromatic rings. The van der Waals surface area contributed by atoms with Crippen LogP contribution in [0.3, 0.4) is 0 Å². The molecule has 4 nitrogen and oxygen atoms in total. The van der Waals surface area contributed by atoms with Crippen LogP contribution in [0.1, 0.15) is 51.2 Å². The molecular weight excluding hydrogens is 284 g/mol. The highest BCUT2D eigenvalue weighted by Gasteiger charge is 2.36. The molecule has 5 heteroatoms. The number of benzene rings is 1. The Kier molecular flexibility index (Phi) is 5.07. The van der Waals surface area contributed by atoms with E-state index in [1.807, 2.05) is 39.0 Å². The lowest BCUT2D eigenvalue weighted by Crippen LogP contribution is -2.50. The molecule has 0 radical (unpaired) electrons. The number of aryl methyl sites for hydroxylation is 1. The predicted octanol–water partition coefficient (Wildman–Crippen LogP) is 2.58. The van der Waals surface area contributed by atoms with Gasteiger partial charge in [-0.15, -0.1) is 0 Å². The summed E-state index contributed by atoms with van der Waals surface area (Å²) in [4.78, 5) is 0.438. The standard InChI is InChI=1S/C16H26N2O2S/c1-4-14-8-7-13(12-17-5-2)11-15(14)21(19,20)18-16(3)9-6-10-16/h7-8,11,17-18H,4-6,9-10,12H2,1-3H3. The molecule has 0 heterocycles. The van der Waals surface area contributed by atoms with Gasteiger partial charge >= 0.3 is 0 Å². The SMILES string of the molecule is CCNCc1ccc(CC)c(S(=O)(=O)NC2(C)CCC2)c1. The maximum Gasteiger partial charge on any atom is 0.241 e. The van der Waals surface area contributed by atoms with Crippen LogP contribution in [0.2, 0.25) is 0 Å². The van der Waals surface area contributed by atoms with E-state index in [9.17, 15) is 8.42 Å². The first-order chi connectivity index (χ1) is 9.90. The maximum atomic E-state index is 12.7. The van der Waals surface area contributed by atoms with Crippen LogP contribution in [0.15, 0.2) is 23.1 Å². The maximum absolute atomic E-state index is 12.7.